The molecule has 202 valence electrons. The van der Waals surface area contributed by atoms with Crippen LogP contribution in [0.5, 0.6) is 0 Å². The summed E-state index contributed by atoms with van der Waals surface area (Å²) < 4.78 is 1.13. The molecule has 8 rings (SSSR count). The highest BCUT2D eigenvalue weighted by atomic mass is 32.1. The lowest BCUT2D eigenvalue weighted by Gasteiger charge is -2.53. The molecule has 3 aliphatic rings. The first-order valence-corrected chi connectivity index (χ1v) is 15.1. The fraction of sp³-hybridized carbons (Fsp3) is 0.200. The van der Waals surface area contributed by atoms with Gasteiger partial charge in [-0.1, -0.05) is 91.0 Å². The van der Waals surface area contributed by atoms with E-state index in [1.807, 2.05) is 52.3 Å². The maximum Gasteiger partial charge on any atom is 0.264 e. The van der Waals surface area contributed by atoms with Crippen LogP contribution in [0.2, 0.25) is 0 Å². The van der Waals surface area contributed by atoms with Gasteiger partial charge in [0.2, 0.25) is 0 Å². The van der Waals surface area contributed by atoms with E-state index in [9.17, 15) is 9.59 Å². The van der Waals surface area contributed by atoms with Crippen molar-refractivity contribution >= 4 is 33.2 Å². The highest BCUT2D eigenvalue weighted by molar-refractivity contribution is 7.21. The van der Waals surface area contributed by atoms with Gasteiger partial charge in [0.1, 0.15) is 4.88 Å². The van der Waals surface area contributed by atoms with E-state index in [1.165, 1.54) is 5.56 Å². The van der Waals surface area contributed by atoms with Gasteiger partial charge in [0, 0.05) is 60.0 Å². The Balaban J connectivity index is 0.996. The van der Waals surface area contributed by atoms with Gasteiger partial charge in [-0.3, -0.25) is 14.5 Å². The van der Waals surface area contributed by atoms with Crippen LogP contribution in [0.25, 0.3) is 32.3 Å². The van der Waals surface area contributed by atoms with Crippen molar-refractivity contribution in [2.75, 3.05) is 26.2 Å². The van der Waals surface area contributed by atoms with Gasteiger partial charge < -0.3 is 9.80 Å². The molecule has 3 aliphatic heterocycles. The van der Waals surface area contributed by atoms with Crippen LogP contribution in [-0.2, 0) is 6.54 Å². The Hall–Kier alpha value is -4.26. The monoisotopic (exact) mass is 555 g/mol. The molecule has 5 nitrogen and oxygen atoms in total. The minimum absolute atomic E-state index is 0.116. The number of hydrogen-bond donors (Lipinski definition) is 0. The van der Waals surface area contributed by atoms with Crippen LogP contribution >= 0.6 is 11.3 Å². The van der Waals surface area contributed by atoms with E-state index in [2.05, 4.69) is 65.6 Å². The van der Waals surface area contributed by atoms with Crippen LogP contribution in [0.15, 0.2) is 103 Å². The van der Waals surface area contributed by atoms with Crippen LogP contribution < -0.4 is 0 Å². The molecule has 1 aromatic heterocycles. The maximum atomic E-state index is 13.9. The number of carbonyl (C=O) groups is 2. The number of hydrogen-bond acceptors (Lipinski definition) is 4. The minimum atomic E-state index is 0.116. The molecular weight excluding hydrogens is 526 g/mol. The van der Waals surface area contributed by atoms with Crippen molar-refractivity contribution in [2.24, 2.45) is 0 Å². The summed E-state index contributed by atoms with van der Waals surface area (Å²) in [5, 5.41) is 1.13. The van der Waals surface area contributed by atoms with E-state index in [-0.39, 0.29) is 17.9 Å². The molecular formula is C35H29N3O2S. The molecule has 2 amide bonds. The number of amides is 2. The first-order chi connectivity index (χ1) is 20.1. The second-order valence-corrected chi connectivity index (χ2v) is 12.4. The van der Waals surface area contributed by atoms with Gasteiger partial charge in [-0.15, -0.1) is 11.3 Å². The zero-order chi connectivity index (χ0) is 27.5. The average molecular weight is 556 g/mol. The van der Waals surface area contributed by atoms with Crippen molar-refractivity contribution in [1.82, 2.24) is 14.7 Å². The predicted octanol–water partition coefficient (Wildman–Crippen LogP) is 6.40. The molecule has 41 heavy (non-hydrogen) atoms. The van der Waals surface area contributed by atoms with Gasteiger partial charge >= 0.3 is 0 Å². The first-order valence-electron chi connectivity index (χ1n) is 14.2. The van der Waals surface area contributed by atoms with E-state index < -0.39 is 0 Å². The lowest BCUT2D eigenvalue weighted by molar-refractivity contribution is -0.0363. The van der Waals surface area contributed by atoms with Gasteiger partial charge in [-0.25, -0.2) is 0 Å². The lowest BCUT2D eigenvalue weighted by Crippen LogP contribution is -2.70. The maximum absolute atomic E-state index is 13.9. The number of fused-ring (bicyclic) bond motifs is 2. The third-order valence-corrected chi connectivity index (χ3v) is 10.0. The Kier molecular flexibility index (Phi) is 5.79. The van der Waals surface area contributed by atoms with E-state index in [0.717, 1.165) is 69.0 Å². The van der Waals surface area contributed by atoms with Crippen LogP contribution in [0, 0.1) is 0 Å². The molecule has 4 aromatic carbocycles. The fourth-order valence-corrected chi connectivity index (χ4v) is 7.73. The standard InChI is InChI=1S/C35H29N3O2S/c39-34-29-14-8-7-13-26(29)18-38(34)28-21-36(22-28)27-19-37(20-27)35(40)33-32(24-11-5-2-6-12-24)30-16-15-25(17-31(30)41-33)23-9-3-1-4-10-23/h1-17,27-28H,18-22H2. The van der Waals surface area contributed by atoms with Crippen molar-refractivity contribution in [2.45, 2.75) is 18.6 Å². The van der Waals surface area contributed by atoms with Gasteiger partial charge in [-0.05, 0) is 34.4 Å². The molecule has 0 radical (unpaired) electrons. The number of thiophene rings is 1. The molecule has 0 bridgehead atoms. The Bertz CT molecular complexity index is 1790. The summed E-state index contributed by atoms with van der Waals surface area (Å²) in [4.78, 5) is 34.1. The number of likely N-dealkylation sites (tertiary alicyclic amines) is 2. The molecule has 6 heteroatoms. The van der Waals surface area contributed by atoms with E-state index in [0.29, 0.717) is 12.6 Å². The van der Waals surface area contributed by atoms with Crippen molar-refractivity contribution in [1.29, 1.82) is 0 Å². The van der Waals surface area contributed by atoms with E-state index in [1.54, 1.807) is 11.3 Å². The zero-order valence-electron chi connectivity index (χ0n) is 22.6. The molecule has 0 aliphatic carbocycles. The Morgan fingerprint density at radius 2 is 1.39 bits per heavy atom. The summed E-state index contributed by atoms with van der Waals surface area (Å²) in [5.41, 5.74) is 6.43. The minimum Gasteiger partial charge on any atom is -0.335 e. The molecule has 2 fully saturated rings. The Morgan fingerprint density at radius 3 is 2.12 bits per heavy atom. The second-order valence-electron chi connectivity index (χ2n) is 11.3. The zero-order valence-corrected chi connectivity index (χ0v) is 23.4. The average Bonchev–Trinajstić information content (AvgIpc) is 3.51. The van der Waals surface area contributed by atoms with Gasteiger partial charge in [0.25, 0.3) is 11.8 Å². The first kappa shape index (κ1) is 24.5. The van der Waals surface area contributed by atoms with Crippen LogP contribution in [0.4, 0.5) is 0 Å². The SMILES string of the molecule is O=C(c1sc2cc(-c3ccccc3)ccc2c1-c1ccccc1)N1CC(N2CC(N3Cc4ccccc4C3=O)C2)C1. The molecule has 0 atom stereocenters. The molecule has 2 saturated heterocycles. The van der Waals surface area contributed by atoms with Crippen LogP contribution in [0.1, 0.15) is 25.6 Å². The number of rotatable bonds is 5. The summed E-state index contributed by atoms with van der Waals surface area (Å²) in [7, 11) is 0. The van der Waals surface area contributed by atoms with Crippen LogP contribution in [0.3, 0.4) is 0 Å². The largest absolute Gasteiger partial charge is 0.335 e. The van der Waals surface area contributed by atoms with Gasteiger partial charge in [-0.2, -0.15) is 0 Å². The molecule has 5 aromatic rings. The lowest BCUT2D eigenvalue weighted by atomic mass is 9.96. The van der Waals surface area contributed by atoms with E-state index >= 15 is 0 Å². The van der Waals surface area contributed by atoms with Crippen molar-refractivity contribution in [3.8, 4) is 22.3 Å². The Morgan fingerprint density at radius 1 is 0.707 bits per heavy atom. The summed E-state index contributed by atoms with van der Waals surface area (Å²) in [6.07, 6.45) is 0. The summed E-state index contributed by atoms with van der Waals surface area (Å²) in [5.74, 6) is 0.272. The number of benzene rings is 4. The highest BCUT2D eigenvalue weighted by Crippen LogP contribution is 2.42. The molecule has 0 N–H and O–H groups in total. The summed E-state index contributed by atoms with van der Waals surface area (Å²) in [6.45, 7) is 3.94. The fourth-order valence-electron chi connectivity index (χ4n) is 6.50. The topological polar surface area (TPSA) is 43.9 Å². The normalized spacial score (nSPS) is 17.5. The highest BCUT2D eigenvalue weighted by Gasteiger charge is 2.45. The summed E-state index contributed by atoms with van der Waals surface area (Å²) in [6, 6.07) is 35.8. The quantitative estimate of drug-likeness (QED) is 0.252. The third kappa shape index (κ3) is 4.09. The predicted molar refractivity (Wildman–Crippen MR) is 164 cm³/mol. The van der Waals surface area contributed by atoms with Crippen LogP contribution in [-0.4, -0.2) is 64.8 Å². The summed E-state index contributed by atoms with van der Waals surface area (Å²) >= 11 is 1.61. The number of carbonyl (C=O) groups excluding carboxylic acids is 2. The third-order valence-electron chi connectivity index (χ3n) is 8.90. The van der Waals surface area contributed by atoms with Crippen molar-refractivity contribution in [3.63, 3.8) is 0 Å². The van der Waals surface area contributed by atoms with Gasteiger partial charge in [0.15, 0.2) is 0 Å². The molecule has 4 heterocycles. The molecule has 0 spiro atoms. The Labute approximate surface area is 243 Å². The second kappa shape index (κ2) is 9.68. The molecule has 0 unspecified atom stereocenters. The van der Waals surface area contributed by atoms with Crippen molar-refractivity contribution in [3.05, 3.63) is 119 Å². The van der Waals surface area contributed by atoms with Crippen molar-refractivity contribution < 1.29 is 9.59 Å². The van der Waals surface area contributed by atoms with Gasteiger partial charge in [0.05, 0.1) is 6.04 Å². The molecule has 0 saturated carbocycles. The number of nitrogens with zero attached hydrogens (tertiary/aromatic N) is 3. The smallest absolute Gasteiger partial charge is 0.264 e. The van der Waals surface area contributed by atoms with E-state index in [4.69, 9.17) is 0 Å².